The van der Waals surface area contributed by atoms with Gasteiger partial charge in [-0.05, 0) is 87.4 Å². The van der Waals surface area contributed by atoms with Gasteiger partial charge in [-0.2, -0.15) is 0 Å². The van der Waals surface area contributed by atoms with Crippen molar-refractivity contribution >= 4 is 23.7 Å². The molecular weight excluding hydrogens is 458 g/mol. The number of benzene rings is 2. The lowest BCUT2D eigenvalue weighted by Crippen LogP contribution is -2.40. The summed E-state index contributed by atoms with van der Waals surface area (Å²) in [6.07, 6.45) is 4.08. The van der Waals surface area contributed by atoms with E-state index in [1.807, 2.05) is 30.3 Å². The number of nitrogens with one attached hydrogen (secondary N) is 2. The van der Waals surface area contributed by atoms with Gasteiger partial charge in [0.1, 0.15) is 6.61 Å². The molecule has 36 heavy (non-hydrogen) atoms. The third-order valence-corrected chi connectivity index (χ3v) is 7.18. The first kappa shape index (κ1) is 25.7. The van der Waals surface area contributed by atoms with Crippen LogP contribution in [0.25, 0.3) is 0 Å². The van der Waals surface area contributed by atoms with Crippen molar-refractivity contribution < 1.29 is 24.2 Å². The number of carboxylic acids is 1. The maximum Gasteiger partial charge on any atom is 0.414 e. The quantitative estimate of drug-likeness (QED) is 0.509. The molecule has 1 heterocycles. The Kier molecular flexibility index (Phi) is 8.95. The number of aliphatic carboxylic acids is 1. The molecule has 4 rings (SSSR count). The molecule has 0 spiro atoms. The smallest absolute Gasteiger partial charge is 0.414 e. The Balaban J connectivity index is 1.39. The second kappa shape index (κ2) is 12.5. The highest BCUT2D eigenvalue weighted by Gasteiger charge is 2.27. The van der Waals surface area contributed by atoms with Crippen LogP contribution in [0, 0.1) is 11.8 Å². The molecule has 2 aromatic carbocycles. The molecule has 8 nitrogen and oxygen atoms in total. The topological polar surface area (TPSA) is 108 Å². The molecule has 192 valence electrons. The summed E-state index contributed by atoms with van der Waals surface area (Å²) < 4.78 is 5.64. The van der Waals surface area contributed by atoms with Gasteiger partial charge in [0.05, 0.1) is 5.92 Å². The molecule has 1 saturated carbocycles. The lowest BCUT2D eigenvalue weighted by Gasteiger charge is -2.30. The number of carboxylic acid groups (broad SMARTS) is 1. The Hall–Kier alpha value is -3.39. The van der Waals surface area contributed by atoms with Gasteiger partial charge in [0, 0.05) is 23.8 Å². The van der Waals surface area contributed by atoms with Crippen LogP contribution in [-0.2, 0) is 16.1 Å². The zero-order valence-electron chi connectivity index (χ0n) is 20.5. The molecule has 2 aromatic rings. The number of carbonyl (C=O) groups excluding carboxylic acids is 2. The van der Waals surface area contributed by atoms with Crippen LogP contribution < -0.4 is 15.5 Å². The third-order valence-electron chi connectivity index (χ3n) is 7.18. The fraction of sp³-hybridized carbons (Fsp3) is 0.464. The van der Waals surface area contributed by atoms with Crippen molar-refractivity contribution in [2.75, 3.05) is 24.5 Å². The van der Waals surface area contributed by atoms with Crippen LogP contribution in [0.5, 0.6) is 0 Å². The highest BCUT2D eigenvalue weighted by molar-refractivity contribution is 5.95. The van der Waals surface area contributed by atoms with Crippen LogP contribution in [0.2, 0.25) is 0 Å². The molecule has 8 heteroatoms. The molecule has 1 aliphatic carbocycles. The Morgan fingerprint density at radius 1 is 0.917 bits per heavy atom. The molecule has 3 N–H and O–H groups in total. The van der Waals surface area contributed by atoms with Crippen molar-refractivity contribution in [3.63, 3.8) is 0 Å². The summed E-state index contributed by atoms with van der Waals surface area (Å²) in [4.78, 5) is 38.7. The molecular formula is C28H35N3O5. The first-order valence-corrected chi connectivity index (χ1v) is 12.8. The largest absolute Gasteiger partial charge is 0.481 e. The van der Waals surface area contributed by atoms with E-state index in [0.29, 0.717) is 49.4 Å². The van der Waals surface area contributed by atoms with Crippen LogP contribution in [-0.4, -0.2) is 48.8 Å². The highest BCUT2D eigenvalue weighted by atomic mass is 16.6. The molecule has 0 bridgehead atoms. The van der Waals surface area contributed by atoms with Crippen LogP contribution in [0.4, 0.5) is 10.5 Å². The first-order valence-electron chi connectivity index (χ1n) is 12.8. The SMILES string of the molecule is O=C(NC1CCC(C(=O)O)CC1)c1ccc(N(CC2CCNCC2)C(=O)OCc2ccccc2)cc1. The average molecular weight is 494 g/mol. The van der Waals surface area contributed by atoms with Crippen molar-refractivity contribution in [2.24, 2.45) is 11.8 Å². The van der Waals surface area contributed by atoms with Gasteiger partial charge in [-0.15, -0.1) is 0 Å². The number of hydrogen-bond donors (Lipinski definition) is 3. The average Bonchev–Trinajstić information content (AvgIpc) is 2.92. The minimum atomic E-state index is -0.758. The Bertz CT molecular complexity index is 1010. The zero-order chi connectivity index (χ0) is 25.3. The van der Waals surface area contributed by atoms with Crippen LogP contribution in [0.1, 0.15) is 54.4 Å². The van der Waals surface area contributed by atoms with E-state index in [4.69, 9.17) is 9.84 Å². The van der Waals surface area contributed by atoms with Gasteiger partial charge in [-0.3, -0.25) is 14.5 Å². The van der Waals surface area contributed by atoms with Gasteiger partial charge in [0.15, 0.2) is 0 Å². The van der Waals surface area contributed by atoms with Crippen molar-refractivity contribution in [3.05, 3.63) is 65.7 Å². The van der Waals surface area contributed by atoms with E-state index in [1.165, 1.54) is 0 Å². The second-order valence-electron chi connectivity index (χ2n) is 9.75. The van der Waals surface area contributed by atoms with Crippen LogP contribution in [0.3, 0.4) is 0 Å². The van der Waals surface area contributed by atoms with E-state index in [-0.39, 0.29) is 24.5 Å². The minimum Gasteiger partial charge on any atom is -0.481 e. The summed E-state index contributed by atoms with van der Waals surface area (Å²) in [5.74, 6) is -0.881. The predicted octanol–water partition coefficient (Wildman–Crippen LogP) is 4.20. The zero-order valence-corrected chi connectivity index (χ0v) is 20.5. The Labute approximate surface area is 212 Å². The van der Waals surface area contributed by atoms with Crippen LogP contribution >= 0.6 is 0 Å². The van der Waals surface area contributed by atoms with Gasteiger partial charge < -0.3 is 20.5 Å². The monoisotopic (exact) mass is 493 g/mol. The fourth-order valence-corrected chi connectivity index (χ4v) is 4.95. The van der Waals surface area contributed by atoms with Gasteiger partial charge in [0.2, 0.25) is 0 Å². The first-order chi connectivity index (χ1) is 17.5. The number of anilines is 1. The molecule has 0 unspecified atom stereocenters. The highest BCUT2D eigenvalue weighted by Crippen LogP contribution is 2.25. The number of ether oxygens (including phenoxy) is 1. The molecule has 0 radical (unpaired) electrons. The van der Waals surface area contributed by atoms with E-state index >= 15 is 0 Å². The predicted molar refractivity (Wildman–Crippen MR) is 137 cm³/mol. The molecule has 2 amide bonds. The lowest BCUT2D eigenvalue weighted by atomic mass is 9.86. The summed E-state index contributed by atoms with van der Waals surface area (Å²) in [5.41, 5.74) is 2.14. The number of amides is 2. The number of carbonyl (C=O) groups is 3. The normalized spacial score (nSPS) is 20.3. The van der Waals surface area contributed by atoms with E-state index in [1.54, 1.807) is 29.2 Å². The van der Waals surface area contributed by atoms with Gasteiger partial charge in [-0.25, -0.2) is 4.79 Å². The van der Waals surface area contributed by atoms with E-state index in [0.717, 1.165) is 31.5 Å². The number of rotatable bonds is 8. The molecule has 0 aromatic heterocycles. The van der Waals surface area contributed by atoms with Gasteiger partial charge >= 0.3 is 12.1 Å². The number of hydrogen-bond acceptors (Lipinski definition) is 5. The van der Waals surface area contributed by atoms with E-state index in [9.17, 15) is 14.4 Å². The summed E-state index contributed by atoms with van der Waals surface area (Å²) in [6.45, 7) is 2.64. The summed E-state index contributed by atoms with van der Waals surface area (Å²) >= 11 is 0. The molecule has 1 saturated heterocycles. The van der Waals surface area contributed by atoms with Gasteiger partial charge in [-0.1, -0.05) is 30.3 Å². The maximum absolute atomic E-state index is 13.1. The van der Waals surface area contributed by atoms with Crippen molar-refractivity contribution in [1.82, 2.24) is 10.6 Å². The second-order valence-corrected chi connectivity index (χ2v) is 9.75. The standard InChI is InChI=1S/C28H35N3O5/c32-26(30-24-10-6-23(7-11-24)27(33)34)22-8-12-25(13-9-22)31(18-20-14-16-29-17-15-20)28(35)36-19-21-4-2-1-3-5-21/h1-5,8-9,12-13,20,23-24,29H,6-7,10-11,14-19H2,(H,30,32)(H,33,34). The molecule has 0 atom stereocenters. The number of piperidine rings is 1. The minimum absolute atomic E-state index is 0.0165. The van der Waals surface area contributed by atoms with Crippen molar-refractivity contribution in [1.29, 1.82) is 0 Å². The molecule has 2 fully saturated rings. The van der Waals surface area contributed by atoms with Crippen molar-refractivity contribution in [3.8, 4) is 0 Å². The van der Waals surface area contributed by atoms with Crippen LogP contribution in [0.15, 0.2) is 54.6 Å². The molecule has 2 aliphatic rings. The Morgan fingerprint density at radius 3 is 2.22 bits per heavy atom. The van der Waals surface area contributed by atoms with Gasteiger partial charge in [0.25, 0.3) is 5.91 Å². The summed E-state index contributed by atoms with van der Waals surface area (Å²) in [7, 11) is 0. The van der Waals surface area contributed by atoms with Crippen molar-refractivity contribution in [2.45, 2.75) is 51.2 Å². The Morgan fingerprint density at radius 2 is 1.58 bits per heavy atom. The maximum atomic E-state index is 13.1. The lowest BCUT2D eigenvalue weighted by molar-refractivity contribution is -0.142. The number of nitrogens with zero attached hydrogens (tertiary/aromatic N) is 1. The summed E-state index contributed by atoms with van der Waals surface area (Å²) in [5, 5.41) is 15.5. The van der Waals surface area contributed by atoms with E-state index < -0.39 is 12.1 Å². The summed E-state index contributed by atoms with van der Waals surface area (Å²) in [6, 6.07) is 16.6. The third kappa shape index (κ3) is 7.07. The molecule has 1 aliphatic heterocycles. The van der Waals surface area contributed by atoms with E-state index in [2.05, 4.69) is 10.6 Å². The fourth-order valence-electron chi connectivity index (χ4n) is 4.95.